The number of amides is 2. The Kier molecular flexibility index (Phi) is 11.4. The lowest BCUT2D eigenvalue weighted by molar-refractivity contribution is -0.141. The number of halogens is 2. The molecule has 0 radical (unpaired) electrons. The van der Waals surface area contributed by atoms with Gasteiger partial charge in [-0.1, -0.05) is 55.1 Å². The van der Waals surface area contributed by atoms with Crippen molar-refractivity contribution < 1.29 is 19.1 Å². The third-order valence-electron chi connectivity index (χ3n) is 6.66. The van der Waals surface area contributed by atoms with Gasteiger partial charge in [-0.15, -0.1) is 0 Å². The van der Waals surface area contributed by atoms with Crippen LogP contribution in [0.25, 0.3) is 0 Å². The monoisotopic (exact) mass is 548 g/mol. The van der Waals surface area contributed by atoms with Gasteiger partial charge in [-0.05, 0) is 74.9 Å². The van der Waals surface area contributed by atoms with Gasteiger partial charge in [0.15, 0.2) is 11.5 Å². The summed E-state index contributed by atoms with van der Waals surface area (Å²) in [7, 11) is 0. The summed E-state index contributed by atoms with van der Waals surface area (Å²) in [5.74, 6) is 1.17. The number of benzene rings is 2. The van der Waals surface area contributed by atoms with E-state index in [-0.39, 0.29) is 30.8 Å². The Morgan fingerprint density at radius 3 is 2.27 bits per heavy atom. The first kappa shape index (κ1) is 29.1. The van der Waals surface area contributed by atoms with Crippen LogP contribution < -0.4 is 14.8 Å². The normalized spacial score (nSPS) is 14.3. The van der Waals surface area contributed by atoms with Crippen LogP contribution in [0.2, 0.25) is 10.0 Å². The van der Waals surface area contributed by atoms with Crippen molar-refractivity contribution in [1.82, 2.24) is 10.2 Å². The van der Waals surface area contributed by atoms with Crippen LogP contribution in [0.1, 0.15) is 70.4 Å². The van der Waals surface area contributed by atoms with Crippen LogP contribution in [0.4, 0.5) is 0 Å². The molecule has 1 aliphatic rings. The number of ether oxygens (including phenoxy) is 2. The maximum atomic E-state index is 13.6. The van der Waals surface area contributed by atoms with E-state index < -0.39 is 6.04 Å². The second kappa shape index (κ2) is 14.5. The van der Waals surface area contributed by atoms with Gasteiger partial charge in [-0.2, -0.15) is 0 Å². The van der Waals surface area contributed by atoms with Crippen LogP contribution in [0.15, 0.2) is 36.4 Å². The number of nitrogens with one attached hydrogen (secondary N) is 1. The van der Waals surface area contributed by atoms with Crippen molar-refractivity contribution in [3.05, 3.63) is 57.6 Å². The van der Waals surface area contributed by atoms with Crippen molar-refractivity contribution in [3.8, 4) is 11.5 Å². The number of rotatable bonds is 13. The summed E-state index contributed by atoms with van der Waals surface area (Å²) in [6.07, 6.45) is 5.52. The molecule has 1 saturated carbocycles. The van der Waals surface area contributed by atoms with Gasteiger partial charge in [0.05, 0.1) is 23.3 Å². The fourth-order valence-corrected chi connectivity index (χ4v) is 5.09. The predicted molar refractivity (Wildman–Crippen MR) is 149 cm³/mol. The predicted octanol–water partition coefficient (Wildman–Crippen LogP) is 6.59. The molecule has 0 aromatic heterocycles. The van der Waals surface area contributed by atoms with Crippen LogP contribution in [-0.4, -0.2) is 42.0 Å². The van der Waals surface area contributed by atoms with Crippen molar-refractivity contribution in [1.29, 1.82) is 0 Å². The Labute approximate surface area is 230 Å². The molecule has 2 aromatic rings. The maximum absolute atomic E-state index is 13.6. The molecule has 3 rings (SSSR count). The number of aryl methyl sites for hydroxylation is 1. The average Bonchev–Trinajstić information content (AvgIpc) is 3.39. The summed E-state index contributed by atoms with van der Waals surface area (Å²) in [6.45, 7) is 7.14. The zero-order chi connectivity index (χ0) is 26.8. The van der Waals surface area contributed by atoms with Crippen molar-refractivity contribution in [2.24, 2.45) is 0 Å². The minimum atomic E-state index is -0.568. The minimum Gasteiger partial charge on any atom is -0.490 e. The molecule has 0 heterocycles. The van der Waals surface area contributed by atoms with E-state index in [0.717, 1.165) is 36.8 Å². The minimum absolute atomic E-state index is 0.0914. The molecule has 1 aliphatic carbocycles. The zero-order valence-electron chi connectivity index (χ0n) is 22.0. The van der Waals surface area contributed by atoms with Crippen LogP contribution in [0.3, 0.4) is 0 Å². The van der Waals surface area contributed by atoms with Gasteiger partial charge in [-0.3, -0.25) is 9.59 Å². The maximum Gasteiger partial charge on any atom is 0.243 e. The molecule has 8 heteroatoms. The summed E-state index contributed by atoms with van der Waals surface area (Å²) >= 11 is 12.3. The second-order valence-electron chi connectivity index (χ2n) is 9.33. The van der Waals surface area contributed by atoms with Crippen LogP contribution in [0.5, 0.6) is 11.5 Å². The Balaban J connectivity index is 1.79. The largest absolute Gasteiger partial charge is 0.490 e. The van der Waals surface area contributed by atoms with Crippen molar-refractivity contribution in [2.75, 3.05) is 13.2 Å². The summed E-state index contributed by atoms with van der Waals surface area (Å²) < 4.78 is 11.4. The number of hydrogen-bond acceptors (Lipinski definition) is 4. The van der Waals surface area contributed by atoms with E-state index >= 15 is 0 Å². The summed E-state index contributed by atoms with van der Waals surface area (Å²) in [6, 6.07) is 10.7. The first-order chi connectivity index (χ1) is 17.9. The van der Waals surface area contributed by atoms with Gasteiger partial charge in [0.25, 0.3) is 0 Å². The first-order valence-corrected chi connectivity index (χ1v) is 14.0. The van der Waals surface area contributed by atoms with Crippen LogP contribution in [0, 0.1) is 0 Å². The Morgan fingerprint density at radius 1 is 0.946 bits per heavy atom. The number of carbonyl (C=O) groups is 2. The molecule has 0 aliphatic heterocycles. The fraction of sp³-hybridized carbons (Fsp3) is 0.517. The highest BCUT2D eigenvalue weighted by molar-refractivity contribution is 6.42. The second-order valence-corrected chi connectivity index (χ2v) is 10.1. The van der Waals surface area contributed by atoms with Crippen molar-refractivity contribution in [2.45, 2.75) is 84.3 Å². The zero-order valence-corrected chi connectivity index (χ0v) is 23.5. The molecule has 1 fully saturated rings. The highest BCUT2D eigenvalue weighted by Crippen LogP contribution is 2.29. The van der Waals surface area contributed by atoms with Gasteiger partial charge < -0.3 is 19.7 Å². The molecule has 2 aromatic carbocycles. The van der Waals surface area contributed by atoms with Gasteiger partial charge in [0, 0.05) is 19.0 Å². The van der Waals surface area contributed by atoms with Crippen LogP contribution >= 0.6 is 23.2 Å². The molecular weight excluding hydrogens is 511 g/mol. The number of nitrogens with zero attached hydrogens (tertiary/aromatic N) is 1. The molecule has 1 atom stereocenters. The topological polar surface area (TPSA) is 67.9 Å². The SMILES string of the molecule is CCOc1ccc(CCC(=O)N(Cc2ccc(Cl)c(Cl)c2)[C@H](CC)C(=O)NC2CCCC2)cc1OCC. The molecule has 2 amide bonds. The lowest BCUT2D eigenvalue weighted by atomic mass is 10.0. The Morgan fingerprint density at radius 2 is 1.62 bits per heavy atom. The molecule has 0 bridgehead atoms. The average molecular weight is 550 g/mol. The number of carbonyl (C=O) groups excluding carboxylic acids is 2. The van der Waals surface area contributed by atoms with Gasteiger partial charge in [-0.25, -0.2) is 0 Å². The molecule has 0 unspecified atom stereocenters. The van der Waals surface area contributed by atoms with E-state index in [0.29, 0.717) is 47.6 Å². The van der Waals surface area contributed by atoms with E-state index in [1.54, 1.807) is 17.0 Å². The highest BCUT2D eigenvalue weighted by Gasteiger charge is 2.30. The molecule has 37 heavy (non-hydrogen) atoms. The standard InChI is InChI=1S/C29H38Cl2N2O4/c1-4-25(29(35)32-22-9-7-8-10-22)33(19-21-11-14-23(30)24(31)17-21)28(34)16-13-20-12-15-26(36-5-2)27(18-20)37-6-3/h11-12,14-15,17-18,22,25H,4-10,13,16,19H2,1-3H3,(H,32,35)/t25-/m1/s1. The van der Waals surface area contributed by atoms with Crippen molar-refractivity contribution >= 4 is 35.0 Å². The van der Waals surface area contributed by atoms with Gasteiger partial charge in [0.2, 0.25) is 11.8 Å². The first-order valence-electron chi connectivity index (χ1n) is 13.3. The van der Waals surface area contributed by atoms with Gasteiger partial charge in [0.1, 0.15) is 6.04 Å². The fourth-order valence-electron chi connectivity index (χ4n) is 4.77. The highest BCUT2D eigenvalue weighted by atomic mass is 35.5. The molecule has 1 N–H and O–H groups in total. The smallest absolute Gasteiger partial charge is 0.243 e. The summed E-state index contributed by atoms with van der Waals surface area (Å²) in [5.41, 5.74) is 1.80. The van der Waals surface area contributed by atoms with Gasteiger partial charge >= 0.3 is 0 Å². The quantitative estimate of drug-likeness (QED) is 0.306. The summed E-state index contributed by atoms with van der Waals surface area (Å²) in [5, 5.41) is 4.05. The van der Waals surface area contributed by atoms with E-state index in [9.17, 15) is 9.59 Å². The molecule has 0 spiro atoms. The molecular formula is C29H38Cl2N2O4. The third-order valence-corrected chi connectivity index (χ3v) is 7.40. The molecule has 0 saturated heterocycles. The van der Waals surface area contributed by atoms with E-state index in [4.69, 9.17) is 32.7 Å². The van der Waals surface area contributed by atoms with E-state index in [2.05, 4.69) is 5.32 Å². The lowest BCUT2D eigenvalue weighted by Crippen LogP contribution is -2.51. The molecule has 6 nitrogen and oxygen atoms in total. The summed E-state index contributed by atoms with van der Waals surface area (Å²) in [4.78, 5) is 28.6. The Bertz CT molecular complexity index is 1060. The van der Waals surface area contributed by atoms with Crippen LogP contribution in [-0.2, 0) is 22.6 Å². The van der Waals surface area contributed by atoms with E-state index in [1.807, 2.05) is 45.0 Å². The lowest BCUT2D eigenvalue weighted by Gasteiger charge is -2.31. The van der Waals surface area contributed by atoms with Crippen molar-refractivity contribution in [3.63, 3.8) is 0 Å². The Hall–Kier alpha value is -2.44. The molecule has 202 valence electrons. The number of hydrogen-bond donors (Lipinski definition) is 1. The third kappa shape index (κ3) is 8.27. The van der Waals surface area contributed by atoms with E-state index in [1.165, 1.54) is 0 Å².